The highest BCUT2D eigenvalue weighted by Gasteiger charge is 2.41. The minimum absolute atomic E-state index is 0.00909. The number of carbonyl (C=O) groups is 1. The molecule has 3 aromatic carbocycles. The number of hydrogen-bond donors (Lipinski definition) is 3. The zero-order chi connectivity index (χ0) is 48.4. The maximum Gasteiger partial charge on any atom is 0.287 e. The lowest BCUT2D eigenvalue weighted by Crippen LogP contribution is -2.56. The summed E-state index contributed by atoms with van der Waals surface area (Å²) in [5, 5.41) is 43.5. The van der Waals surface area contributed by atoms with Gasteiger partial charge >= 0.3 is 0 Å². The molecule has 4 fully saturated rings. The molecule has 4 saturated heterocycles. The van der Waals surface area contributed by atoms with Crippen LogP contribution in [0.25, 0.3) is 6.08 Å². The van der Waals surface area contributed by atoms with Crippen LogP contribution < -0.4 is 9.64 Å². The molecule has 3 N–H and O–H groups in total. The van der Waals surface area contributed by atoms with Crippen LogP contribution in [0.5, 0.6) is 5.75 Å². The first-order chi connectivity index (χ1) is 32.7. The summed E-state index contributed by atoms with van der Waals surface area (Å²) >= 11 is 0. The maximum atomic E-state index is 13.3. The van der Waals surface area contributed by atoms with E-state index in [1.807, 2.05) is 24.3 Å². The molecule has 68 heavy (non-hydrogen) atoms. The fourth-order valence-electron chi connectivity index (χ4n) is 9.92. The zero-order valence-electron chi connectivity index (χ0n) is 38.4. The van der Waals surface area contributed by atoms with Gasteiger partial charge in [-0.05, 0) is 161 Å². The second-order valence-electron chi connectivity index (χ2n) is 18.6. The van der Waals surface area contributed by atoms with Crippen LogP contribution in [-0.4, -0.2) is 136 Å². The number of benzene rings is 3. The molecule has 366 valence electrons. The second-order valence-corrected chi connectivity index (χ2v) is 18.6. The van der Waals surface area contributed by atoms with Gasteiger partial charge in [0.15, 0.2) is 17.5 Å². The van der Waals surface area contributed by atoms with Crippen molar-refractivity contribution in [2.24, 2.45) is 5.92 Å². The number of methoxy groups -OCH3 is 1. The fraction of sp³-hybridized carbons (Fsp3) is 0.490. The van der Waals surface area contributed by atoms with Gasteiger partial charge in [-0.3, -0.25) is 14.9 Å². The third-order valence-electron chi connectivity index (χ3n) is 14.3. The third-order valence-corrected chi connectivity index (χ3v) is 14.3. The summed E-state index contributed by atoms with van der Waals surface area (Å²) in [4.78, 5) is 35.2. The molecule has 5 heterocycles. The third kappa shape index (κ3) is 13.2. The van der Waals surface area contributed by atoms with Crippen molar-refractivity contribution in [2.45, 2.75) is 81.0 Å². The number of nitro groups is 1. The van der Waals surface area contributed by atoms with Gasteiger partial charge in [-0.25, -0.2) is 22.5 Å². The molecule has 4 aliphatic rings. The fourth-order valence-corrected chi connectivity index (χ4v) is 9.92. The van der Waals surface area contributed by atoms with Crippen molar-refractivity contribution in [3.63, 3.8) is 0 Å². The molecule has 0 aliphatic carbocycles. The van der Waals surface area contributed by atoms with E-state index in [2.05, 4.69) is 31.8 Å². The Kier molecular flexibility index (Phi) is 17.2. The Balaban J connectivity index is 0.000000203. The Morgan fingerprint density at radius 1 is 0.794 bits per heavy atom. The van der Waals surface area contributed by atoms with Crippen molar-refractivity contribution < 1.29 is 47.3 Å². The van der Waals surface area contributed by atoms with Crippen LogP contribution in [0.3, 0.4) is 0 Å². The Bertz CT molecular complexity index is 2270. The van der Waals surface area contributed by atoms with E-state index in [1.54, 1.807) is 13.2 Å². The zero-order valence-corrected chi connectivity index (χ0v) is 38.4. The van der Waals surface area contributed by atoms with Gasteiger partial charge in [0.2, 0.25) is 5.91 Å². The van der Waals surface area contributed by atoms with E-state index in [0.29, 0.717) is 18.4 Å². The lowest BCUT2D eigenvalue weighted by molar-refractivity contribution is -0.385. The van der Waals surface area contributed by atoms with Crippen molar-refractivity contribution in [3.8, 4) is 5.75 Å². The number of likely N-dealkylation sites (tertiary alicyclic amines) is 3. The monoisotopic (exact) mass is 946 g/mol. The van der Waals surface area contributed by atoms with E-state index in [-0.39, 0.29) is 55.0 Å². The number of rotatable bonds is 13. The molecule has 2 atom stereocenters. The average molecular weight is 947 g/mol. The second kappa shape index (κ2) is 23.2. The van der Waals surface area contributed by atoms with Crippen LogP contribution in [0, 0.1) is 39.3 Å². The van der Waals surface area contributed by atoms with E-state index in [4.69, 9.17) is 4.74 Å². The smallest absolute Gasteiger partial charge is 0.287 e. The minimum Gasteiger partial charge on any atom is -0.497 e. The molecule has 4 aliphatic heterocycles. The van der Waals surface area contributed by atoms with Crippen molar-refractivity contribution in [1.82, 2.24) is 19.7 Å². The summed E-state index contributed by atoms with van der Waals surface area (Å²) < 4.78 is 58.2. The Morgan fingerprint density at radius 3 is 1.85 bits per heavy atom. The molecular weight excluding hydrogens is 885 g/mol. The van der Waals surface area contributed by atoms with Crippen LogP contribution in [0.2, 0.25) is 0 Å². The number of carbonyl (C=O) groups excluding carboxylic acids is 1. The Labute approximate surface area is 394 Å². The molecule has 0 bridgehead atoms. The van der Waals surface area contributed by atoms with E-state index in [9.17, 15) is 47.8 Å². The molecule has 1 aromatic heterocycles. The number of piperidine rings is 4. The molecule has 17 heteroatoms. The van der Waals surface area contributed by atoms with Gasteiger partial charge in [-0.15, -0.1) is 0 Å². The topological polar surface area (TPSA) is 156 Å². The van der Waals surface area contributed by atoms with E-state index >= 15 is 0 Å². The van der Waals surface area contributed by atoms with Crippen molar-refractivity contribution in [2.75, 3.05) is 77.5 Å². The van der Waals surface area contributed by atoms with E-state index in [1.165, 1.54) is 40.9 Å². The Hall–Kier alpha value is -5.46. The van der Waals surface area contributed by atoms with E-state index < -0.39 is 40.0 Å². The van der Waals surface area contributed by atoms with Gasteiger partial charge < -0.3 is 39.7 Å². The number of ether oxygens (including phenoxy) is 1. The lowest BCUT2D eigenvalue weighted by Gasteiger charge is -2.43. The maximum absolute atomic E-state index is 13.3. The molecule has 0 radical (unpaired) electrons. The number of halogens is 4. The molecule has 0 spiro atoms. The molecular formula is C51H62F4N6O7. The highest BCUT2D eigenvalue weighted by Crippen LogP contribution is 2.33. The average Bonchev–Trinajstić information content (AvgIpc) is 3.36. The normalized spacial score (nSPS) is 19.9. The van der Waals surface area contributed by atoms with Crippen molar-refractivity contribution >= 4 is 23.5 Å². The summed E-state index contributed by atoms with van der Waals surface area (Å²) in [6, 6.07) is 19.8. The largest absolute Gasteiger partial charge is 0.497 e. The number of β-amino-alcohol motifs (C(OH)–C–C–N with tert-alkyl or cyclic N) is 2. The summed E-state index contributed by atoms with van der Waals surface area (Å²) in [6.45, 7) is 6.66. The first-order valence-corrected chi connectivity index (χ1v) is 23.6. The van der Waals surface area contributed by atoms with Crippen LogP contribution in [0.1, 0.15) is 79.9 Å². The number of aliphatic hydroxyl groups is 3. The summed E-state index contributed by atoms with van der Waals surface area (Å²) in [5.41, 5.74) is 1.19. The van der Waals surface area contributed by atoms with Crippen molar-refractivity contribution in [1.29, 1.82) is 0 Å². The van der Waals surface area contributed by atoms with Crippen LogP contribution in [0.4, 0.5) is 29.1 Å². The summed E-state index contributed by atoms with van der Waals surface area (Å²) in [5.74, 6) is -2.03. The number of aliphatic hydroxyl groups excluding tert-OH is 2. The highest BCUT2D eigenvalue weighted by molar-refractivity contribution is 5.91. The Morgan fingerprint density at radius 2 is 1.34 bits per heavy atom. The van der Waals surface area contributed by atoms with Gasteiger partial charge in [0, 0.05) is 51.4 Å². The van der Waals surface area contributed by atoms with Gasteiger partial charge in [-0.2, -0.15) is 0 Å². The first-order valence-electron chi connectivity index (χ1n) is 23.6. The highest BCUT2D eigenvalue weighted by atomic mass is 19.2. The van der Waals surface area contributed by atoms with E-state index in [0.717, 1.165) is 120 Å². The summed E-state index contributed by atoms with van der Waals surface area (Å²) in [6.07, 6.45) is 8.57. The molecule has 1 amide bonds. The SMILES string of the molecule is COc1ccc(C2CCN(CC(O)C3CCN(c4ccc([N+](=O)[O-])cn4)CC3)CC2)cc1.O=C(/C=C/c1cc(F)c(F)c(F)c1)N1CCC(O)(C(O)CN2CCC(c3ccc(F)cc3)CC2)CC1. The van der Waals surface area contributed by atoms with Gasteiger partial charge in [-0.1, -0.05) is 24.3 Å². The standard InChI is InChI=1S/C27H30F4N2O3.C24H32N4O4/c28-21-4-2-19(3-5-21)20-7-11-32(12-8-20)17-24(34)27(36)9-13-33(14-10-27)25(35)6-1-18-15-22(29)26(31)23(30)16-18;1-32-22-5-2-18(3-6-22)19-8-12-26(13-9-19)17-23(29)20-10-14-27(15-11-20)24-7-4-21(16-25-24)28(30)31/h1-6,15-16,20,24,34,36H,7-14,17H2;2-7,16,19-20,23,29H,8-15,17H2,1H3/b6-1+;. The van der Waals surface area contributed by atoms with Crippen LogP contribution in [-0.2, 0) is 4.79 Å². The van der Waals surface area contributed by atoms with Gasteiger partial charge in [0.05, 0.1) is 29.8 Å². The van der Waals surface area contributed by atoms with Gasteiger partial charge in [0.1, 0.15) is 23.6 Å². The predicted octanol–water partition coefficient (Wildman–Crippen LogP) is 7.31. The molecule has 4 aromatic rings. The molecule has 8 rings (SSSR count). The lowest BCUT2D eigenvalue weighted by atomic mass is 9.84. The molecule has 2 unspecified atom stereocenters. The number of anilines is 1. The molecule has 13 nitrogen and oxygen atoms in total. The van der Waals surface area contributed by atoms with Gasteiger partial charge in [0.25, 0.3) is 5.69 Å². The predicted molar refractivity (Wildman–Crippen MR) is 250 cm³/mol. The van der Waals surface area contributed by atoms with Crippen LogP contribution >= 0.6 is 0 Å². The first kappa shape index (κ1) is 50.4. The quantitative estimate of drug-likeness (QED) is 0.0407. The number of pyridine rings is 1. The summed E-state index contributed by atoms with van der Waals surface area (Å²) in [7, 11) is 1.69. The minimum atomic E-state index is -1.57. The molecule has 0 saturated carbocycles. The van der Waals surface area contributed by atoms with Crippen molar-refractivity contribution in [3.05, 3.63) is 135 Å². The number of nitrogens with zero attached hydrogens (tertiary/aromatic N) is 6. The number of aromatic nitrogens is 1. The number of amides is 1. The number of hydrogen-bond acceptors (Lipinski definition) is 11. The van der Waals surface area contributed by atoms with Crippen LogP contribution in [0.15, 0.2) is 85.1 Å².